The van der Waals surface area contributed by atoms with Crippen LogP contribution in [0.2, 0.25) is 5.02 Å². The van der Waals surface area contributed by atoms with E-state index in [1.54, 1.807) is 48.3 Å². The highest BCUT2D eigenvalue weighted by Gasteiger charge is 2.10. The van der Waals surface area contributed by atoms with Crippen molar-refractivity contribution >= 4 is 34.6 Å². The van der Waals surface area contributed by atoms with Gasteiger partial charge in [-0.25, -0.2) is 15.8 Å². The highest BCUT2D eigenvalue weighted by Crippen LogP contribution is 2.30. The molecule has 0 unspecified atom stereocenters. The highest BCUT2D eigenvalue weighted by molar-refractivity contribution is 6.33. The summed E-state index contributed by atoms with van der Waals surface area (Å²) in [7, 11) is 1.59. The Labute approximate surface area is 125 Å². The second kappa shape index (κ2) is 5.47. The number of methoxy groups -OCH3 is 1. The van der Waals surface area contributed by atoms with Crippen LogP contribution in [0.3, 0.4) is 0 Å². The van der Waals surface area contributed by atoms with Crippen molar-refractivity contribution in [2.75, 3.05) is 17.9 Å². The minimum absolute atomic E-state index is 0.502. The number of imidazole rings is 1. The fraction of sp³-hybridized carbons (Fsp3) is 0.0769. The number of rotatable bonds is 4. The molecule has 0 bridgehead atoms. The number of nitrogens with zero attached hydrogens (tertiary/aromatic N) is 3. The summed E-state index contributed by atoms with van der Waals surface area (Å²) in [4.78, 5) is 8.61. The monoisotopic (exact) mass is 304 g/mol. The highest BCUT2D eigenvalue weighted by atomic mass is 35.5. The van der Waals surface area contributed by atoms with Crippen molar-refractivity contribution in [3.63, 3.8) is 0 Å². The molecular formula is C13H13ClN6O. The quantitative estimate of drug-likeness (QED) is 0.506. The third kappa shape index (κ3) is 2.56. The van der Waals surface area contributed by atoms with Gasteiger partial charge in [0.2, 0.25) is 0 Å². The van der Waals surface area contributed by atoms with Gasteiger partial charge in [0, 0.05) is 18.5 Å². The zero-order chi connectivity index (χ0) is 14.8. The molecule has 108 valence electrons. The van der Waals surface area contributed by atoms with E-state index < -0.39 is 0 Å². The third-order valence-electron chi connectivity index (χ3n) is 2.95. The summed E-state index contributed by atoms with van der Waals surface area (Å²) in [6.07, 6.45) is 5.21. The van der Waals surface area contributed by atoms with E-state index in [4.69, 9.17) is 22.2 Å². The smallest absolute Gasteiger partial charge is 0.180 e. The van der Waals surface area contributed by atoms with Gasteiger partial charge in [-0.3, -0.25) is 0 Å². The second-order valence-electron chi connectivity index (χ2n) is 4.25. The van der Waals surface area contributed by atoms with Gasteiger partial charge in [0.1, 0.15) is 5.75 Å². The van der Waals surface area contributed by atoms with Crippen LogP contribution in [0, 0.1) is 0 Å². The van der Waals surface area contributed by atoms with E-state index in [1.807, 2.05) is 0 Å². The molecule has 0 saturated heterocycles. The van der Waals surface area contributed by atoms with Gasteiger partial charge >= 0.3 is 0 Å². The molecule has 0 atom stereocenters. The average Bonchev–Trinajstić information content (AvgIpc) is 2.98. The average molecular weight is 305 g/mol. The molecule has 2 heterocycles. The predicted octanol–water partition coefficient (Wildman–Crippen LogP) is 2.42. The number of aromatic nitrogens is 3. The van der Waals surface area contributed by atoms with Crippen LogP contribution >= 0.6 is 11.6 Å². The first-order valence-electron chi connectivity index (χ1n) is 6.12. The van der Waals surface area contributed by atoms with E-state index >= 15 is 0 Å². The standard InChI is InChI=1S/C13H13ClN6O/c1-21-8-2-3-9(14)10(6-8)17-12-13-16-4-5-20(13)7-11(18-12)19-15/h2-7,19H,15H2,1H3,(H,17,18). The lowest BCUT2D eigenvalue weighted by Crippen LogP contribution is -2.11. The normalized spacial score (nSPS) is 10.6. The molecule has 21 heavy (non-hydrogen) atoms. The summed E-state index contributed by atoms with van der Waals surface area (Å²) < 4.78 is 7.00. The number of hydrazine groups is 1. The molecule has 0 aliphatic heterocycles. The van der Waals surface area contributed by atoms with E-state index in [0.29, 0.717) is 33.7 Å². The molecule has 2 aromatic heterocycles. The zero-order valence-electron chi connectivity index (χ0n) is 11.2. The molecule has 3 rings (SSSR count). The largest absolute Gasteiger partial charge is 0.497 e. The third-order valence-corrected chi connectivity index (χ3v) is 3.28. The maximum absolute atomic E-state index is 6.19. The van der Waals surface area contributed by atoms with Crippen molar-refractivity contribution in [1.29, 1.82) is 0 Å². The molecule has 4 N–H and O–H groups in total. The number of anilines is 3. The Balaban J connectivity index is 2.07. The zero-order valence-corrected chi connectivity index (χ0v) is 11.9. The number of halogens is 1. The Morgan fingerprint density at radius 3 is 3.00 bits per heavy atom. The van der Waals surface area contributed by atoms with E-state index in [-0.39, 0.29) is 0 Å². The van der Waals surface area contributed by atoms with Crippen molar-refractivity contribution in [1.82, 2.24) is 14.4 Å². The van der Waals surface area contributed by atoms with Gasteiger partial charge in [0.15, 0.2) is 17.3 Å². The number of nitrogens with one attached hydrogen (secondary N) is 2. The van der Waals surface area contributed by atoms with Crippen LogP contribution in [0.15, 0.2) is 36.8 Å². The molecular weight excluding hydrogens is 292 g/mol. The lowest BCUT2D eigenvalue weighted by atomic mass is 10.3. The lowest BCUT2D eigenvalue weighted by molar-refractivity contribution is 0.415. The van der Waals surface area contributed by atoms with Gasteiger partial charge in [-0.2, -0.15) is 0 Å². The molecule has 0 spiro atoms. The molecule has 3 aromatic rings. The van der Waals surface area contributed by atoms with Crippen LogP contribution in [0.5, 0.6) is 5.75 Å². The van der Waals surface area contributed by atoms with Gasteiger partial charge in [0.05, 0.1) is 24.0 Å². The van der Waals surface area contributed by atoms with Crippen LogP contribution in [-0.2, 0) is 0 Å². The van der Waals surface area contributed by atoms with E-state index in [1.165, 1.54) is 0 Å². The second-order valence-corrected chi connectivity index (χ2v) is 4.66. The van der Waals surface area contributed by atoms with Crippen molar-refractivity contribution < 1.29 is 4.74 Å². The molecule has 8 heteroatoms. The Kier molecular flexibility index (Phi) is 3.51. The van der Waals surface area contributed by atoms with Crippen molar-refractivity contribution in [3.8, 4) is 5.75 Å². The Morgan fingerprint density at radius 1 is 1.38 bits per heavy atom. The maximum Gasteiger partial charge on any atom is 0.180 e. The minimum atomic E-state index is 0.502. The fourth-order valence-electron chi connectivity index (χ4n) is 1.94. The molecule has 7 nitrogen and oxygen atoms in total. The fourth-order valence-corrected chi connectivity index (χ4v) is 2.10. The summed E-state index contributed by atoms with van der Waals surface area (Å²) >= 11 is 6.19. The number of fused-ring (bicyclic) bond motifs is 1. The Hall–Kier alpha value is -2.51. The summed E-state index contributed by atoms with van der Waals surface area (Å²) in [6, 6.07) is 5.31. The first-order chi connectivity index (χ1) is 10.2. The van der Waals surface area contributed by atoms with Crippen molar-refractivity contribution in [3.05, 3.63) is 41.8 Å². The summed E-state index contributed by atoms with van der Waals surface area (Å²) in [5.74, 6) is 7.15. The topological polar surface area (TPSA) is 89.5 Å². The number of hydrogen-bond acceptors (Lipinski definition) is 6. The van der Waals surface area contributed by atoms with Gasteiger partial charge in [0.25, 0.3) is 0 Å². The van der Waals surface area contributed by atoms with Crippen LogP contribution in [0.1, 0.15) is 0 Å². The molecule has 1 aromatic carbocycles. The summed E-state index contributed by atoms with van der Waals surface area (Å²) in [5, 5.41) is 3.70. The van der Waals surface area contributed by atoms with E-state index in [2.05, 4.69) is 20.7 Å². The van der Waals surface area contributed by atoms with Crippen LogP contribution < -0.4 is 21.3 Å². The van der Waals surface area contributed by atoms with Gasteiger partial charge in [-0.15, -0.1) is 0 Å². The van der Waals surface area contributed by atoms with Gasteiger partial charge in [-0.1, -0.05) is 11.6 Å². The first-order valence-corrected chi connectivity index (χ1v) is 6.50. The first kappa shape index (κ1) is 13.5. The number of nitrogens with two attached hydrogens (primary N) is 1. The van der Waals surface area contributed by atoms with Gasteiger partial charge in [-0.05, 0) is 12.1 Å². The molecule has 0 saturated carbocycles. The summed E-state index contributed by atoms with van der Waals surface area (Å²) in [6.45, 7) is 0. The van der Waals surface area contributed by atoms with Crippen molar-refractivity contribution in [2.24, 2.45) is 5.84 Å². The number of nitrogen functional groups attached to an aromatic ring is 1. The molecule has 0 aliphatic carbocycles. The Morgan fingerprint density at radius 2 is 2.24 bits per heavy atom. The SMILES string of the molecule is COc1ccc(Cl)c(Nc2nc(NN)cn3ccnc23)c1. The lowest BCUT2D eigenvalue weighted by Gasteiger charge is -2.11. The molecule has 0 fully saturated rings. The van der Waals surface area contributed by atoms with Crippen LogP contribution in [-0.4, -0.2) is 21.5 Å². The maximum atomic E-state index is 6.19. The van der Waals surface area contributed by atoms with Crippen molar-refractivity contribution in [2.45, 2.75) is 0 Å². The number of hydrogen-bond donors (Lipinski definition) is 3. The van der Waals surface area contributed by atoms with E-state index in [9.17, 15) is 0 Å². The predicted molar refractivity (Wildman–Crippen MR) is 82.1 cm³/mol. The number of ether oxygens (including phenoxy) is 1. The van der Waals surface area contributed by atoms with Gasteiger partial charge < -0.3 is 19.9 Å². The number of benzene rings is 1. The minimum Gasteiger partial charge on any atom is -0.497 e. The van der Waals surface area contributed by atoms with E-state index in [0.717, 1.165) is 0 Å². The Bertz CT molecular complexity index is 787. The molecule has 0 radical (unpaired) electrons. The molecule has 0 aliphatic rings. The van der Waals surface area contributed by atoms with Crippen LogP contribution in [0.25, 0.3) is 5.65 Å². The van der Waals surface area contributed by atoms with Crippen LogP contribution in [0.4, 0.5) is 17.3 Å². The summed E-state index contributed by atoms with van der Waals surface area (Å²) in [5.41, 5.74) is 3.84. The molecule has 0 amide bonds.